The molecule has 0 amide bonds. The van der Waals surface area contributed by atoms with E-state index < -0.39 is 0 Å². The SMILES string of the molecule is C=CC12C=CC(CC1)C2.C=CCC=CC. The average molecular weight is 202 g/mol. The van der Waals surface area contributed by atoms with Crippen LogP contribution in [0, 0.1) is 11.3 Å². The summed E-state index contributed by atoms with van der Waals surface area (Å²) in [5, 5.41) is 0. The van der Waals surface area contributed by atoms with Crippen LogP contribution in [0.25, 0.3) is 0 Å². The summed E-state index contributed by atoms with van der Waals surface area (Å²) in [6.45, 7) is 9.41. The lowest BCUT2D eigenvalue weighted by molar-refractivity contribution is 0.525. The number of rotatable bonds is 3. The van der Waals surface area contributed by atoms with Gasteiger partial charge in [0.1, 0.15) is 0 Å². The Kier molecular flexibility index (Phi) is 4.61. The summed E-state index contributed by atoms with van der Waals surface area (Å²) >= 11 is 0. The topological polar surface area (TPSA) is 0 Å². The van der Waals surface area contributed by atoms with Crippen molar-refractivity contribution in [3.05, 3.63) is 49.6 Å². The summed E-state index contributed by atoms with van der Waals surface area (Å²) in [6, 6.07) is 0. The molecule has 15 heavy (non-hydrogen) atoms. The van der Waals surface area contributed by atoms with Crippen molar-refractivity contribution >= 4 is 0 Å². The maximum atomic E-state index is 3.86. The highest BCUT2D eigenvalue weighted by molar-refractivity contribution is 5.21. The molecule has 2 rings (SSSR count). The lowest BCUT2D eigenvalue weighted by atomic mass is 9.88. The van der Waals surface area contributed by atoms with E-state index >= 15 is 0 Å². The van der Waals surface area contributed by atoms with Gasteiger partial charge < -0.3 is 0 Å². The van der Waals surface area contributed by atoms with Crippen LogP contribution in [0.3, 0.4) is 0 Å². The quantitative estimate of drug-likeness (QED) is 0.583. The predicted molar refractivity (Wildman–Crippen MR) is 68.7 cm³/mol. The van der Waals surface area contributed by atoms with Gasteiger partial charge in [-0.25, -0.2) is 0 Å². The molecule has 2 aliphatic carbocycles. The van der Waals surface area contributed by atoms with Crippen LogP contribution in [-0.2, 0) is 0 Å². The van der Waals surface area contributed by atoms with Gasteiger partial charge in [-0.3, -0.25) is 0 Å². The Morgan fingerprint density at radius 1 is 1.47 bits per heavy atom. The zero-order valence-corrected chi connectivity index (χ0v) is 9.78. The fourth-order valence-corrected chi connectivity index (χ4v) is 2.28. The molecule has 1 fully saturated rings. The third-order valence-electron chi connectivity index (χ3n) is 3.27. The Morgan fingerprint density at radius 2 is 2.27 bits per heavy atom. The van der Waals surface area contributed by atoms with Gasteiger partial charge in [0.15, 0.2) is 0 Å². The molecule has 2 atom stereocenters. The molecule has 2 bridgehead atoms. The van der Waals surface area contributed by atoms with Gasteiger partial charge in [-0.1, -0.05) is 36.5 Å². The minimum Gasteiger partial charge on any atom is -0.103 e. The molecule has 0 nitrogen and oxygen atoms in total. The van der Waals surface area contributed by atoms with Gasteiger partial charge in [-0.05, 0) is 38.5 Å². The number of allylic oxidation sites excluding steroid dienone is 6. The summed E-state index contributed by atoms with van der Waals surface area (Å²) in [5.74, 6) is 0.892. The Bertz CT molecular complexity index is 270. The first-order valence-electron chi connectivity index (χ1n) is 5.81. The van der Waals surface area contributed by atoms with Gasteiger partial charge in [0, 0.05) is 5.41 Å². The predicted octanol–water partition coefficient (Wildman–Crippen LogP) is 4.67. The Labute approximate surface area is 94.1 Å². The number of hydrogen-bond donors (Lipinski definition) is 0. The van der Waals surface area contributed by atoms with Crippen LogP contribution in [0.15, 0.2) is 49.6 Å². The maximum Gasteiger partial charge on any atom is 0.00642 e. The standard InChI is InChI=1S/C9H12.C6H10/c1-2-9-5-3-8(7-9)4-6-9;1-3-5-6-4-2/h2-3,5,8H,1,4,6-7H2;3-4,6H,1,5H2,2H3. The summed E-state index contributed by atoms with van der Waals surface area (Å²) in [6.07, 6.45) is 17.8. The Hall–Kier alpha value is -1.04. The molecule has 0 aliphatic heterocycles. The van der Waals surface area contributed by atoms with Crippen LogP contribution < -0.4 is 0 Å². The van der Waals surface area contributed by atoms with Gasteiger partial charge in [-0.2, -0.15) is 0 Å². The third kappa shape index (κ3) is 3.23. The monoisotopic (exact) mass is 202 g/mol. The first-order chi connectivity index (χ1) is 7.26. The van der Waals surface area contributed by atoms with Gasteiger partial charge in [0.25, 0.3) is 0 Å². The van der Waals surface area contributed by atoms with Crippen molar-refractivity contribution in [3.63, 3.8) is 0 Å². The number of fused-ring (bicyclic) bond motifs is 2. The van der Waals surface area contributed by atoms with Crippen molar-refractivity contribution < 1.29 is 0 Å². The van der Waals surface area contributed by atoms with E-state index in [1.165, 1.54) is 19.3 Å². The lowest BCUT2D eigenvalue weighted by Crippen LogP contribution is -2.05. The lowest BCUT2D eigenvalue weighted by Gasteiger charge is -2.16. The summed E-state index contributed by atoms with van der Waals surface area (Å²) in [7, 11) is 0. The normalized spacial score (nSPS) is 31.4. The molecule has 0 aromatic rings. The van der Waals surface area contributed by atoms with E-state index in [-0.39, 0.29) is 0 Å². The molecule has 0 aromatic carbocycles. The molecule has 0 heterocycles. The van der Waals surface area contributed by atoms with Crippen molar-refractivity contribution in [2.45, 2.75) is 32.6 Å². The zero-order chi connectivity index (χ0) is 11.1. The van der Waals surface area contributed by atoms with E-state index in [2.05, 4.69) is 37.5 Å². The molecule has 0 saturated heterocycles. The smallest absolute Gasteiger partial charge is 0.00642 e. The van der Waals surface area contributed by atoms with Gasteiger partial charge in [0.2, 0.25) is 0 Å². The molecule has 0 heteroatoms. The fraction of sp³-hybridized carbons (Fsp3) is 0.467. The van der Waals surface area contributed by atoms with Gasteiger partial charge in [0.05, 0.1) is 0 Å². The van der Waals surface area contributed by atoms with Crippen molar-refractivity contribution in [1.82, 2.24) is 0 Å². The van der Waals surface area contributed by atoms with Crippen LogP contribution in [-0.4, -0.2) is 0 Å². The minimum atomic E-state index is 0.435. The van der Waals surface area contributed by atoms with Crippen LogP contribution in [0.1, 0.15) is 32.6 Å². The summed E-state index contributed by atoms with van der Waals surface area (Å²) < 4.78 is 0. The second-order valence-electron chi connectivity index (χ2n) is 4.39. The molecule has 1 saturated carbocycles. The van der Waals surface area contributed by atoms with Gasteiger partial charge in [-0.15, -0.1) is 13.2 Å². The molecule has 2 aliphatic rings. The summed E-state index contributed by atoms with van der Waals surface area (Å²) in [5.41, 5.74) is 0.435. The van der Waals surface area contributed by atoms with Crippen molar-refractivity contribution in [3.8, 4) is 0 Å². The highest BCUT2D eigenvalue weighted by Gasteiger charge is 2.37. The molecule has 82 valence electrons. The highest BCUT2D eigenvalue weighted by Crippen LogP contribution is 2.49. The second-order valence-corrected chi connectivity index (χ2v) is 4.39. The van der Waals surface area contributed by atoms with Crippen LogP contribution in [0.5, 0.6) is 0 Å². The Morgan fingerprint density at radius 3 is 2.47 bits per heavy atom. The van der Waals surface area contributed by atoms with E-state index in [0.29, 0.717) is 5.41 Å². The first-order valence-corrected chi connectivity index (χ1v) is 5.81. The van der Waals surface area contributed by atoms with E-state index in [4.69, 9.17) is 0 Å². The molecular weight excluding hydrogens is 180 g/mol. The molecule has 2 unspecified atom stereocenters. The second kappa shape index (κ2) is 5.75. The van der Waals surface area contributed by atoms with Crippen LogP contribution in [0.2, 0.25) is 0 Å². The maximum absolute atomic E-state index is 3.86. The number of hydrogen-bond acceptors (Lipinski definition) is 0. The fourth-order valence-electron chi connectivity index (χ4n) is 2.28. The molecular formula is C15H22. The van der Waals surface area contributed by atoms with Crippen LogP contribution in [0.4, 0.5) is 0 Å². The molecule has 0 radical (unpaired) electrons. The summed E-state index contributed by atoms with van der Waals surface area (Å²) in [4.78, 5) is 0. The van der Waals surface area contributed by atoms with Crippen molar-refractivity contribution in [2.75, 3.05) is 0 Å². The molecule has 0 aromatic heterocycles. The van der Waals surface area contributed by atoms with E-state index in [1.54, 1.807) is 0 Å². The molecule has 0 N–H and O–H groups in total. The van der Waals surface area contributed by atoms with Crippen molar-refractivity contribution in [2.24, 2.45) is 11.3 Å². The van der Waals surface area contributed by atoms with Crippen LogP contribution >= 0.6 is 0 Å². The highest BCUT2D eigenvalue weighted by atomic mass is 14.4. The third-order valence-corrected chi connectivity index (χ3v) is 3.27. The van der Waals surface area contributed by atoms with Gasteiger partial charge >= 0.3 is 0 Å². The Balaban J connectivity index is 0.000000167. The van der Waals surface area contributed by atoms with Crippen molar-refractivity contribution in [1.29, 1.82) is 0 Å². The molecule has 0 spiro atoms. The van der Waals surface area contributed by atoms with E-state index in [0.717, 1.165) is 12.3 Å². The minimum absolute atomic E-state index is 0.435. The first kappa shape index (κ1) is 12.0. The average Bonchev–Trinajstić information content (AvgIpc) is 2.88. The zero-order valence-electron chi connectivity index (χ0n) is 9.78. The largest absolute Gasteiger partial charge is 0.103 e. The van der Waals surface area contributed by atoms with E-state index in [9.17, 15) is 0 Å². The van der Waals surface area contributed by atoms with E-state index in [1.807, 2.05) is 19.1 Å².